The number of nitrogens with zero attached hydrogens (tertiary/aromatic N) is 1. The summed E-state index contributed by atoms with van der Waals surface area (Å²) in [4.78, 5) is 11.3. The lowest BCUT2D eigenvalue weighted by molar-refractivity contribution is -0.872. The predicted molar refractivity (Wildman–Crippen MR) is 56.5 cm³/mol. The number of carbonyl (C=O) groups excluding carboxylic acids is 1. The van der Waals surface area contributed by atoms with Crippen molar-refractivity contribution in [2.24, 2.45) is 11.8 Å². The van der Waals surface area contributed by atoms with Crippen LogP contribution in [0.4, 0.5) is 0 Å². The summed E-state index contributed by atoms with van der Waals surface area (Å²) >= 11 is 0. The number of hydrogen-bond donors (Lipinski definition) is 0. The van der Waals surface area contributed by atoms with Crippen molar-refractivity contribution < 1.29 is 9.28 Å². The summed E-state index contributed by atoms with van der Waals surface area (Å²) in [5.74, 6) is 1.18. The van der Waals surface area contributed by atoms with E-state index in [1.165, 1.54) is 0 Å². The maximum Gasteiger partial charge on any atom is 0.138 e. The molecule has 78 valence electrons. The van der Waals surface area contributed by atoms with Crippen LogP contribution < -0.4 is 0 Å². The van der Waals surface area contributed by atoms with Crippen LogP contribution in [-0.2, 0) is 4.79 Å². The minimum Gasteiger partial charge on any atom is -0.330 e. The Morgan fingerprint density at radius 3 is 1.92 bits per heavy atom. The highest BCUT2D eigenvalue weighted by molar-refractivity contribution is 5.78. The Hall–Kier alpha value is -0.370. The molecule has 0 unspecified atom stereocenters. The van der Waals surface area contributed by atoms with Gasteiger partial charge in [-0.2, -0.15) is 0 Å². The molecule has 0 aromatic carbocycles. The van der Waals surface area contributed by atoms with Gasteiger partial charge in [-0.25, -0.2) is 0 Å². The maximum absolute atomic E-state index is 11.3. The third-order valence-corrected chi connectivity index (χ3v) is 2.10. The Bertz CT molecular complexity index is 167. The summed E-state index contributed by atoms with van der Waals surface area (Å²) in [7, 11) is 6.41. The molecular formula is C11H24NO+. The van der Waals surface area contributed by atoms with Crippen LogP contribution in [-0.4, -0.2) is 38.0 Å². The molecule has 0 rings (SSSR count). The molecule has 0 aliphatic carbocycles. The fraction of sp³-hybridized carbons (Fsp3) is 0.909. The standard InChI is InChI=1S/C11H24NO/c1-9(2)7-11(10(3)13)8-12(4,5)6/h9,11H,7-8H2,1-6H3/q+1/t11-/m1/s1. The van der Waals surface area contributed by atoms with Crippen LogP contribution >= 0.6 is 0 Å². The third kappa shape index (κ3) is 6.76. The maximum atomic E-state index is 11.3. The van der Waals surface area contributed by atoms with Crippen LogP contribution in [0.1, 0.15) is 27.2 Å². The number of carbonyl (C=O) groups is 1. The second-order valence-electron chi connectivity index (χ2n) is 5.41. The minimum atomic E-state index is 0.236. The molecule has 0 N–H and O–H groups in total. The highest BCUT2D eigenvalue weighted by Gasteiger charge is 2.22. The summed E-state index contributed by atoms with van der Waals surface area (Å²) in [6, 6.07) is 0. The largest absolute Gasteiger partial charge is 0.330 e. The number of rotatable bonds is 5. The summed E-state index contributed by atoms with van der Waals surface area (Å²) in [6.07, 6.45) is 1.02. The van der Waals surface area contributed by atoms with E-state index in [-0.39, 0.29) is 5.92 Å². The summed E-state index contributed by atoms with van der Waals surface area (Å²) in [5.41, 5.74) is 0. The first-order chi connectivity index (χ1) is 5.72. The van der Waals surface area contributed by atoms with Gasteiger partial charge in [-0.1, -0.05) is 13.8 Å². The summed E-state index contributed by atoms with van der Waals surface area (Å²) < 4.78 is 0.872. The van der Waals surface area contributed by atoms with E-state index in [1.807, 2.05) is 0 Å². The first kappa shape index (κ1) is 12.6. The van der Waals surface area contributed by atoms with Crippen LogP contribution in [0.25, 0.3) is 0 Å². The van der Waals surface area contributed by atoms with Gasteiger partial charge in [0.05, 0.1) is 33.6 Å². The van der Waals surface area contributed by atoms with Crippen molar-refractivity contribution in [2.75, 3.05) is 27.7 Å². The summed E-state index contributed by atoms with van der Waals surface area (Å²) in [6.45, 7) is 7.01. The Kier molecular flexibility index (Phi) is 4.62. The fourth-order valence-electron chi connectivity index (χ4n) is 1.60. The Morgan fingerprint density at radius 1 is 1.23 bits per heavy atom. The van der Waals surface area contributed by atoms with Crippen molar-refractivity contribution >= 4 is 5.78 Å². The third-order valence-electron chi connectivity index (χ3n) is 2.10. The smallest absolute Gasteiger partial charge is 0.138 e. The van der Waals surface area contributed by atoms with Gasteiger partial charge in [0.25, 0.3) is 0 Å². The van der Waals surface area contributed by atoms with E-state index in [0.717, 1.165) is 17.4 Å². The molecule has 0 amide bonds. The van der Waals surface area contributed by atoms with Crippen molar-refractivity contribution in [3.8, 4) is 0 Å². The Morgan fingerprint density at radius 2 is 1.69 bits per heavy atom. The van der Waals surface area contributed by atoms with Crippen molar-refractivity contribution in [3.05, 3.63) is 0 Å². The number of Topliss-reactive ketones (excluding diaryl/α,β-unsaturated/α-hetero) is 1. The summed E-state index contributed by atoms with van der Waals surface area (Å²) in [5, 5.41) is 0. The van der Waals surface area contributed by atoms with Gasteiger partial charge >= 0.3 is 0 Å². The van der Waals surface area contributed by atoms with E-state index in [2.05, 4.69) is 35.0 Å². The minimum absolute atomic E-state index is 0.236. The molecule has 0 spiro atoms. The second kappa shape index (κ2) is 4.75. The SMILES string of the molecule is CC(=O)[C@H](CC(C)C)C[N+](C)(C)C. The molecule has 0 saturated heterocycles. The van der Waals surface area contributed by atoms with Crippen LogP contribution in [0, 0.1) is 11.8 Å². The van der Waals surface area contributed by atoms with Crippen LogP contribution in [0.5, 0.6) is 0 Å². The molecule has 0 aromatic heterocycles. The van der Waals surface area contributed by atoms with Gasteiger partial charge in [-0.15, -0.1) is 0 Å². The first-order valence-corrected chi connectivity index (χ1v) is 5.03. The molecule has 0 aliphatic heterocycles. The van der Waals surface area contributed by atoms with E-state index in [4.69, 9.17) is 0 Å². The van der Waals surface area contributed by atoms with Crippen molar-refractivity contribution in [1.82, 2.24) is 0 Å². The van der Waals surface area contributed by atoms with Gasteiger partial charge in [0.2, 0.25) is 0 Å². The quantitative estimate of drug-likeness (QED) is 0.600. The zero-order chi connectivity index (χ0) is 10.6. The number of ketones is 1. The topological polar surface area (TPSA) is 17.1 Å². The lowest BCUT2D eigenvalue weighted by atomic mass is 9.93. The van der Waals surface area contributed by atoms with Gasteiger partial charge in [-0.3, -0.25) is 4.79 Å². The molecule has 0 aliphatic rings. The molecule has 0 radical (unpaired) electrons. The van der Waals surface area contributed by atoms with E-state index in [9.17, 15) is 4.79 Å². The van der Waals surface area contributed by atoms with E-state index in [1.54, 1.807) is 6.92 Å². The van der Waals surface area contributed by atoms with Crippen LogP contribution in [0.15, 0.2) is 0 Å². The first-order valence-electron chi connectivity index (χ1n) is 5.03. The molecular weight excluding hydrogens is 162 g/mol. The number of quaternary nitrogens is 1. The molecule has 0 fully saturated rings. The molecule has 2 heteroatoms. The van der Waals surface area contributed by atoms with E-state index >= 15 is 0 Å². The zero-order valence-electron chi connectivity index (χ0n) is 9.92. The molecule has 13 heavy (non-hydrogen) atoms. The van der Waals surface area contributed by atoms with Gasteiger partial charge in [0.1, 0.15) is 5.78 Å². The monoisotopic (exact) mass is 186 g/mol. The Labute approximate surface area is 82.5 Å². The Balaban J connectivity index is 4.19. The van der Waals surface area contributed by atoms with Crippen LogP contribution in [0.3, 0.4) is 0 Å². The van der Waals surface area contributed by atoms with Gasteiger partial charge < -0.3 is 4.48 Å². The average Bonchev–Trinajstić information content (AvgIpc) is 1.81. The fourth-order valence-corrected chi connectivity index (χ4v) is 1.60. The lowest BCUT2D eigenvalue weighted by Crippen LogP contribution is -2.41. The highest BCUT2D eigenvalue weighted by atomic mass is 16.1. The zero-order valence-corrected chi connectivity index (χ0v) is 9.92. The molecule has 0 heterocycles. The molecule has 0 aromatic rings. The van der Waals surface area contributed by atoms with Gasteiger partial charge in [-0.05, 0) is 19.3 Å². The van der Waals surface area contributed by atoms with Crippen molar-refractivity contribution in [2.45, 2.75) is 27.2 Å². The molecule has 2 nitrogen and oxygen atoms in total. The highest BCUT2D eigenvalue weighted by Crippen LogP contribution is 2.15. The average molecular weight is 186 g/mol. The van der Waals surface area contributed by atoms with E-state index in [0.29, 0.717) is 11.7 Å². The van der Waals surface area contributed by atoms with Gasteiger partial charge in [0.15, 0.2) is 0 Å². The predicted octanol–water partition coefficient (Wildman–Crippen LogP) is 1.94. The van der Waals surface area contributed by atoms with E-state index < -0.39 is 0 Å². The molecule has 0 saturated carbocycles. The molecule has 1 atom stereocenters. The lowest BCUT2D eigenvalue weighted by Gasteiger charge is -2.28. The normalized spacial score (nSPS) is 14.7. The van der Waals surface area contributed by atoms with Crippen LogP contribution in [0.2, 0.25) is 0 Å². The molecule has 0 bridgehead atoms. The second-order valence-corrected chi connectivity index (χ2v) is 5.41. The van der Waals surface area contributed by atoms with Gasteiger partial charge in [0, 0.05) is 0 Å². The van der Waals surface area contributed by atoms with Crippen molar-refractivity contribution in [3.63, 3.8) is 0 Å². The van der Waals surface area contributed by atoms with Crippen molar-refractivity contribution in [1.29, 1.82) is 0 Å². The number of hydrogen-bond acceptors (Lipinski definition) is 1.